The van der Waals surface area contributed by atoms with Crippen LogP contribution in [0.2, 0.25) is 5.02 Å². The summed E-state index contributed by atoms with van der Waals surface area (Å²) < 4.78 is 0. The van der Waals surface area contributed by atoms with Crippen molar-refractivity contribution in [2.24, 2.45) is 0 Å². The zero-order chi connectivity index (χ0) is 26.9. The summed E-state index contributed by atoms with van der Waals surface area (Å²) in [6, 6.07) is 22.3. The lowest BCUT2D eigenvalue weighted by Gasteiger charge is -2.19. The van der Waals surface area contributed by atoms with Gasteiger partial charge in [0.2, 0.25) is 5.91 Å². The summed E-state index contributed by atoms with van der Waals surface area (Å²) in [5.74, 6) is -1.90. The van der Waals surface area contributed by atoms with E-state index in [1.54, 1.807) is 36.4 Å². The highest BCUT2D eigenvalue weighted by Gasteiger charge is 2.22. The lowest BCUT2D eigenvalue weighted by atomic mass is 9.88. The third-order valence-electron chi connectivity index (χ3n) is 6.66. The molecule has 0 saturated carbocycles. The number of aliphatic carboxylic acids is 1. The molecule has 38 heavy (non-hydrogen) atoms. The molecule has 1 aliphatic rings. The topological polar surface area (TPSA) is 95.5 Å². The molecule has 0 heterocycles. The molecule has 1 aliphatic carbocycles. The van der Waals surface area contributed by atoms with E-state index in [1.807, 2.05) is 24.3 Å². The molecule has 0 bridgehead atoms. The van der Waals surface area contributed by atoms with Crippen LogP contribution in [0.5, 0.6) is 0 Å². The summed E-state index contributed by atoms with van der Waals surface area (Å²) in [6.07, 6.45) is 7.23. The van der Waals surface area contributed by atoms with Gasteiger partial charge in [-0.1, -0.05) is 60.1 Å². The number of amides is 2. The molecule has 196 valence electrons. The van der Waals surface area contributed by atoms with Crippen molar-refractivity contribution in [1.29, 1.82) is 0 Å². The molecule has 0 aliphatic heterocycles. The largest absolute Gasteiger partial charge is 0.481 e. The number of carboxylic acids is 1. The molecule has 0 spiro atoms. The molecule has 3 aromatic rings. The van der Waals surface area contributed by atoms with E-state index in [-0.39, 0.29) is 24.8 Å². The van der Waals surface area contributed by atoms with Crippen molar-refractivity contribution >= 4 is 40.6 Å². The number of anilines is 1. The maximum atomic E-state index is 13.5. The van der Waals surface area contributed by atoms with Gasteiger partial charge in [-0.05, 0) is 84.7 Å². The van der Waals surface area contributed by atoms with Gasteiger partial charge in [0.25, 0.3) is 5.91 Å². The smallest absolute Gasteiger partial charge is 0.305 e. The first-order valence-corrected chi connectivity index (χ1v) is 13.2. The molecule has 0 saturated heterocycles. The van der Waals surface area contributed by atoms with E-state index >= 15 is 0 Å². The fourth-order valence-electron chi connectivity index (χ4n) is 4.60. The Bertz CT molecular complexity index is 1320. The van der Waals surface area contributed by atoms with Gasteiger partial charge in [-0.25, -0.2) is 0 Å². The fraction of sp³-hybridized carbons (Fsp3) is 0.258. The van der Waals surface area contributed by atoms with Gasteiger partial charge in [0.15, 0.2) is 0 Å². The Morgan fingerprint density at radius 2 is 1.71 bits per heavy atom. The molecule has 1 unspecified atom stereocenters. The van der Waals surface area contributed by atoms with Crippen LogP contribution >= 0.6 is 11.6 Å². The second kappa shape index (κ2) is 13.1. The van der Waals surface area contributed by atoms with E-state index in [1.165, 1.54) is 24.0 Å². The number of allylic oxidation sites excluding steroid dienone is 2. The Hall–Kier alpha value is -3.90. The average molecular weight is 531 g/mol. The maximum absolute atomic E-state index is 13.5. The first kappa shape index (κ1) is 27.1. The molecular weight excluding hydrogens is 500 g/mol. The van der Waals surface area contributed by atoms with E-state index < -0.39 is 11.9 Å². The second-order valence-electron chi connectivity index (χ2n) is 9.45. The highest BCUT2D eigenvalue weighted by Crippen LogP contribution is 2.30. The van der Waals surface area contributed by atoms with Crippen LogP contribution in [0.25, 0.3) is 5.57 Å². The zero-order valence-corrected chi connectivity index (χ0v) is 21.8. The number of carbonyl (C=O) groups excluding carboxylic acids is 2. The fourth-order valence-corrected chi connectivity index (χ4v) is 4.79. The van der Waals surface area contributed by atoms with Crippen LogP contribution in [0.1, 0.15) is 65.1 Å². The summed E-state index contributed by atoms with van der Waals surface area (Å²) in [7, 11) is 0. The second-order valence-corrected chi connectivity index (χ2v) is 9.89. The summed E-state index contributed by atoms with van der Waals surface area (Å²) in [5, 5.41) is 14.9. The highest BCUT2D eigenvalue weighted by atomic mass is 35.5. The molecular formula is C31H31ClN2O4. The van der Waals surface area contributed by atoms with Gasteiger partial charge < -0.3 is 15.7 Å². The van der Waals surface area contributed by atoms with Crippen LogP contribution in [-0.4, -0.2) is 29.4 Å². The standard InChI is InChI=1S/C31H31ClN2O4/c32-26-7-4-8-27(20-26)34-31(38)28(24-15-13-23(14-16-24)22-5-2-1-3-6-22)19-21-9-11-25(12-10-21)30(37)33-18-17-29(35)36/h4-5,7-16,20,28H,1-3,6,17-19H2,(H,33,37)(H,34,38)(H,35,36). The Morgan fingerprint density at radius 3 is 2.37 bits per heavy atom. The Kier molecular flexibility index (Phi) is 9.33. The SMILES string of the molecule is O=C(O)CCNC(=O)c1ccc(CC(C(=O)Nc2cccc(Cl)c2)c2ccc(C3=CCCCC3)cc2)cc1. The number of carbonyl (C=O) groups is 3. The number of hydrogen-bond acceptors (Lipinski definition) is 3. The van der Waals surface area contributed by atoms with Gasteiger partial charge in [-0.2, -0.15) is 0 Å². The van der Waals surface area contributed by atoms with Crippen LogP contribution in [0.15, 0.2) is 78.9 Å². The lowest BCUT2D eigenvalue weighted by Crippen LogP contribution is -2.26. The number of carboxylic acid groups (broad SMARTS) is 1. The Labute approximate surface area is 227 Å². The van der Waals surface area contributed by atoms with Crippen LogP contribution in [-0.2, 0) is 16.0 Å². The van der Waals surface area contributed by atoms with Gasteiger partial charge in [0.1, 0.15) is 0 Å². The number of rotatable bonds is 10. The normalized spacial score (nSPS) is 13.8. The number of hydrogen-bond donors (Lipinski definition) is 3. The molecule has 3 aromatic carbocycles. The van der Waals surface area contributed by atoms with Crippen LogP contribution in [0.3, 0.4) is 0 Å². The van der Waals surface area contributed by atoms with Crippen LogP contribution < -0.4 is 10.6 Å². The molecule has 0 aromatic heterocycles. The van der Waals surface area contributed by atoms with Crippen molar-refractivity contribution in [2.75, 3.05) is 11.9 Å². The van der Waals surface area contributed by atoms with E-state index in [2.05, 4.69) is 28.8 Å². The average Bonchev–Trinajstić information content (AvgIpc) is 2.92. The maximum Gasteiger partial charge on any atom is 0.305 e. The van der Waals surface area contributed by atoms with Crippen LogP contribution in [0, 0.1) is 0 Å². The third-order valence-corrected chi connectivity index (χ3v) is 6.90. The van der Waals surface area contributed by atoms with Crippen molar-refractivity contribution in [1.82, 2.24) is 5.32 Å². The van der Waals surface area contributed by atoms with E-state index in [0.29, 0.717) is 22.7 Å². The minimum absolute atomic E-state index is 0.0641. The Balaban J connectivity index is 1.52. The van der Waals surface area contributed by atoms with Gasteiger partial charge in [-0.3, -0.25) is 14.4 Å². The van der Waals surface area contributed by atoms with Gasteiger partial charge in [0, 0.05) is 22.8 Å². The van der Waals surface area contributed by atoms with Gasteiger partial charge in [-0.15, -0.1) is 0 Å². The van der Waals surface area contributed by atoms with Crippen molar-refractivity contribution in [3.63, 3.8) is 0 Å². The van der Waals surface area contributed by atoms with Gasteiger partial charge in [0.05, 0.1) is 12.3 Å². The lowest BCUT2D eigenvalue weighted by molar-refractivity contribution is -0.136. The van der Waals surface area contributed by atoms with E-state index in [9.17, 15) is 14.4 Å². The minimum Gasteiger partial charge on any atom is -0.481 e. The number of halogens is 1. The monoisotopic (exact) mass is 530 g/mol. The van der Waals surface area contributed by atoms with Gasteiger partial charge >= 0.3 is 5.97 Å². The van der Waals surface area contributed by atoms with Crippen molar-refractivity contribution in [3.8, 4) is 0 Å². The molecule has 6 nitrogen and oxygen atoms in total. The summed E-state index contributed by atoms with van der Waals surface area (Å²) in [6.45, 7) is 0.0641. The molecule has 4 rings (SSSR count). The van der Waals surface area contributed by atoms with Crippen molar-refractivity contribution in [2.45, 2.75) is 44.4 Å². The number of nitrogens with one attached hydrogen (secondary N) is 2. The Morgan fingerprint density at radius 1 is 0.947 bits per heavy atom. The zero-order valence-electron chi connectivity index (χ0n) is 21.1. The molecule has 7 heteroatoms. The molecule has 0 fully saturated rings. The minimum atomic E-state index is -0.966. The van der Waals surface area contributed by atoms with Crippen molar-refractivity contribution < 1.29 is 19.5 Å². The summed E-state index contributed by atoms with van der Waals surface area (Å²) in [4.78, 5) is 36.5. The molecule has 1 atom stereocenters. The van der Waals surface area contributed by atoms with E-state index in [4.69, 9.17) is 16.7 Å². The summed E-state index contributed by atoms with van der Waals surface area (Å²) in [5.41, 5.74) is 5.42. The predicted octanol–water partition coefficient (Wildman–Crippen LogP) is 6.47. The highest BCUT2D eigenvalue weighted by molar-refractivity contribution is 6.30. The molecule has 2 amide bonds. The molecule has 0 radical (unpaired) electrons. The quantitative estimate of drug-likeness (QED) is 0.280. The van der Waals surface area contributed by atoms with Crippen molar-refractivity contribution in [3.05, 3.63) is 106 Å². The third kappa shape index (κ3) is 7.56. The molecule has 3 N–H and O–H groups in total. The number of benzene rings is 3. The summed E-state index contributed by atoms with van der Waals surface area (Å²) >= 11 is 6.12. The first-order chi connectivity index (χ1) is 18.4. The predicted molar refractivity (Wildman–Crippen MR) is 150 cm³/mol. The van der Waals surface area contributed by atoms with E-state index in [0.717, 1.165) is 24.0 Å². The van der Waals surface area contributed by atoms with Crippen LogP contribution in [0.4, 0.5) is 5.69 Å². The first-order valence-electron chi connectivity index (χ1n) is 12.8.